The van der Waals surface area contributed by atoms with Gasteiger partial charge < -0.3 is 4.42 Å². The Bertz CT molecular complexity index is 718. The van der Waals surface area contributed by atoms with Crippen LogP contribution in [0, 0.1) is 0 Å². The number of hydrogen-bond acceptors (Lipinski definition) is 5. The molecule has 0 bridgehead atoms. The zero-order chi connectivity index (χ0) is 17.8. The van der Waals surface area contributed by atoms with Crippen molar-refractivity contribution in [2.24, 2.45) is 0 Å². The predicted molar refractivity (Wildman–Crippen MR) is 97.8 cm³/mol. The van der Waals surface area contributed by atoms with Gasteiger partial charge in [-0.25, -0.2) is 4.98 Å². The first-order valence-corrected chi connectivity index (χ1v) is 9.86. The van der Waals surface area contributed by atoms with E-state index in [1.165, 1.54) is 25.7 Å². The van der Waals surface area contributed by atoms with E-state index in [4.69, 9.17) is 4.42 Å². The van der Waals surface area contributed by atoms with Crippen molar-refractivity contribution < 1.29 is 9.21 Å². The first kappa shape index (κ1) is 17.2. The first-order chi connectivity index (χ1) is 12.8. The van der Waals surface area contributed by atoms with Gasteiger partial charge in [0.05, 0.1) is 0 Å². The summed E-state index contributed by atoms with van der Waals surface area (Å²) in [6.45, 7) is 0. The van der Waals surface area contributed by atoms with Gasteiger partial charge in [0.15, 0.2) is 0 Å². The van der Waals surface area contributed by atoms with Crippen LogP contribution in [-0.4, -0.2) is 27.1 Å². The van der Waals surface area contributed by atoms with Crippen molar-refractivity contribution in [3.05, 3.63) is 36.2 Å². The average Bonchev–Trinajstić information content (AvgIpc) is 3.42. The monoisotopic (exact) mass is 354 g/mol. The molecule has 2 fully saturated rings. The highest BCUT2D eigenvalue weighted by Crippen LogP contribution is 2.33. The number of aryl methyl sites for hydroxylation is 1. The molecule has 0 N–H and O–H groups in total. The second kappa shape index (κ2) is 7.98. The molecule has 2 aliphatic rings. The quantitative estimate of drug-likeness (QED) is 0.783. The van der Waals surface area contributed by atoms with Crippen LogP contribution in [0.3, 0.4) is 0 Å². The molecule has 2 aromatic heterocycles. The molecule has 0 spiro atoms. The Morgan fingerprint density at radius 2 is 1.85 bits per heavy atom. The molecule has 2 aliphatic carbocycles. The maximum absolute atomic E-state index is 13.0. The van der Waals surface area contributed by atoms with E-state index in [-0.39, 0.29) is 11.9 Å². The van der Waals surface area contributed by atoms with Crippen molar-refractivity contribution in [3.63, 3.8) is 0 Å². The van der Waals surface area contributed by atoms with Crippen LogP contribution in [0.15, 0.2) is 28.8 Å². The smallest absolute Gasteiger partial charge is 0.228 e. The Morgan fingerprint density at radius 3 is 2.58 bits per heavy atom. The lowest BCUT2D eigenvalue weighted by atomic mass is 10.1. The van der Waals surface area contributed by atoms with Gasteiger partial charge in [0.1, 0.15) is 5.82 Å². The van der Waals surface area contributed by atoms with Crippen LogP contribution >= 0.6 is 0 Å². The number of hydrogen-bond donors (Lipinski definition) is 0. The Labute approximate surface area is 154 Å². The van der Waals surface area contributed by atoms with Crippen molar-refractivity contribution in [1.82, 2.24) is 15.2 Å². The molecular weight excluding hydrogens is 328 g/mol. The Balaban J connectivity index is 1.41. The van der Waals surface area contributed by atoms with Crippen LogP contribution in [-0.2, 0) is 11.2 Å². The van der Waals surface area contributed by atoms with E-state index in [1.54, 1.807) is 6.20 Å². The lowest BCUT2D eigenvalue weighted by Crippen LogP contribution is -2.39. The molecule has 0 unspecified atom stereocenters. The van der Waals surface area contributed by atoms with E-state index in [2.05, 4.69) is 15.2 Å². The largest absolute Gasteiger partial charge is 0.425 e. The molecule has 0 atom stereocenters. The third-order valence-electron chi connectivity index (χ3n) is 5.59. The van der Waals surface area contributed by atoms with E-state index >= 15 is 0 Å². The fourth-order valence-corrected chi connectivity index (χ4v) is 4.22. The second-order valence-electron chi connectivity index (χ2n) is 7.41. The molecule has 1 amide bonds. The molecule has 26 heavy (non-hydrogen) atoms. The SMILES string of the molecule is O=C(CCc1nnc(C2CCCC2)o1)N(c1ccccn1)C1CCCC1. The van der Waals surface area contributed by atoms with Gasteiger partial charge in [0, 0.05) is 31.0 Å². The van der Waals surface area contributed by atoms with Gasteiger partial charge in [-0.15, -0.1) is 10.2 Å². The summed E-state index contributed by atoms with van der Waals surface area (Å²) in [4.78, 5) is 19.3. The van der Waals surface area contributed by atoms with Crippen LogP contribution in [0.1, 0.15) is 75.5 Å². The van der Waals surface area contributed by atoms with Gasteiger partial charge >= 0.3 is 0 Å². The fraction of sp³-hybridized carbons (Fsp3) is 0.600. The Hall–Kier alpha value is -2.24. The molecule has 2 saturated carbocycles. The second-order valence-corrected chi connectivity index (χ2v) is 7.41. The minimum Gasteiger partial charge on any atom is -0.425 e. The molecular formula is C20H26N4O2. The predicted octanol–water partition coefficient (Wildman–Crippen LogP) is 4.03. The van der Waals surface area contributed by atoms with Crippen LogP contribution < -0.4 is 4.90 Å². The summed E-state index contributed by atoms with van der Waals surface area (Å²) >= 11 is 0. The topological polar surface area (TPSA) is 72.1 Å². The molecule has 138 valence electrons. The highest BCUT2D eigenvalue weighted by atomic mass is 16.4. The van der Waals surface area contributed by atoms with Gasteiger partial charge in [0.25, 0.3) is 0 Å². The molecule has 6 heteroatoms. The van der Waals surface area contributed by atoms with Gasteiger partial charge in [-0.1, -0.05) is 31.7 Å². The molecule has 2 aromatic rings. The number of aromatic nitrogens is 3. The minimum atomic E-state index is 0.0937. The standard InChI is InChI=1S/C20H26N4O2/c25-19(13-12-18-22-23-20(26-18)15-7-1-2-8-15)24(16-9-3-4-10-16)17-11-5-6-14-21-17/h5-6,11,14-16H,1-4,7-10,12-13H2. The lowest BCUT2D eigenvalue weighted by molar-refractivity contribution is -0.119. The molecule has 0 aromatic carbocycles. The Morgan fingerprint density at radius 1 is 1.08 bits per heavy atom. The third-order valence-corrected chi connectivity index (χ3v) is 5.59. The normalized spacial score (nSPS) is 18.5. The number of amides is 1. The van der Waals surface area contributed by atoms with E-state index in [1.807, 2.05) is 23.1 Å². The van der Waals surface area contributed by atoms with Gasteiger partial charge in [-0.3, -0.25) is 9.69 Å². The molecule has 0 radical (unpaired) electrons. The van der Waals surface area contributed by atoms with Crippen LogP contribution in [0.4, 0.5) is 5.82 Å². The van der Waals surface area contributed by atoms with Crippen molar-refractivity contribution in [3.8, 4) is 0 Å². The van der Waals surface area contributed by atoms with Crippen molar-refractivity contribution in [2.45, 2.75) is 76.2 Å². The molecule has 4 rings (SSSR count). The van der Waals surface area contributed by atoms with Gasteiger partial charge in [-0.2, -0.15) is 0 Å². The zero-order valence-corrected chi connectivity index (χ0v) is 15.1. The maximum Gasteiger partial charge on any atom is 0.228 e. The van der Waals surface area contributed by atoms with Crippen molar-refractivity contribution in [1.29, 1.82) is 0 Å². The van der Waals surface area contributed by atoms with Crippen LogP contribution in [0.25, 0.3) is 0 Å². The maximum atomic E-state index is 13.0. The lowest BCUT2D eigenvalue weighted by Gasteiger charge is -2.28. The van der Waals surface area contributed by atoms with Crippen molar-refractivity contribution >= 4 is 11.7 Å². The van der Waals surface area contributed by atoms with Gasteiger partial charge in [0.2, 0.25) is 17.7 Å². The van der Waals surface area contributed by atoms with E-state index in [9.17, 15) is 4.79 Å². The van der Waals surface area contributed by atoms with Crippen molar-refractivity contribution in [2.75, 3.05) is 4.90 Å². The molecule has 0 aliphatic heterocycles. The first-order valence-electron chi connectivity index (χ1n) is 9.86. The van der Waals surface area contributed by atoms with Crippen LogP contribution in [0.2, 0.25) is 0 Å². The van der Waals surface area contributed by atoms with Gasteiger partial charge in [-0.05, 0) is 37.8 Å². The number of carbonyl (C=O) groups excluding carboxylic acids is 1. The number of carbonyl (C=O) groups is 1. The number of anilines is 1. The molecule has 0 saturated heterocycles. The fourth-order valence-electron chi connectivity index (χ4n) is 4.22. The Kier molecular flexibility index (Phi) is 5.27. The number of nitrogens with zero attached hydrogens (tertiary/aromatic N) is 4. The third kappa shape index (κ3) is 3.79. The highest BCUT2D eigenvalue weighted by molar-refractivity contribution is 5.93. The summed E-state index contributed by atoms with van der Waals surface area (Å²) in [6, 6.07) is 5.99. The van der Waals surface area contributed by atoms with E-state index in [0.717, 1.165) is 37.4 Å². The summed E-state index contributed by atoms with van der Waals surface area (Å²) in [5, 5.41) is 8.36. The number of pyridine rings is 1. The zero-order valence-electron chi connectivity index (χ0n) is 15.1. The summed E-state index contributed by atoms with van der Waals surface area (Å²) in [7, 11) is 0. The van der Waals surface area contributed by atoms with Crippen LogP contribution in [0.5, 0.6) is 0 Å². The number of rotatable bonds is 6. The average molecular weight is 354 g/mol. The molecule has 2 heterocycles. The summed E-state index contributed by atoms with van der Waals surface area (Å²) < 4.78 is 5.82. The molecule has 6 nitrogen and oxygen atoms in total. The minimum absolute atomic E-state index is 0.0937. The summed E-state index contributed by atoms with van der Waals surface area (Å²) in [5.41, 5.74) is 0. The highest BCUT2D eigenvalue weighted by Gasteiger charge is 2.29. The van der Waals surface area contributed by atoms with E-state index < -0.39 is 0 Å². The van der Waals surface area contributed by atoms with E-state index in [0.29, 0.717) is 24.7 Å². The summed E-state index contributed by atoms with van der Waals surface area (Å²) in [5.74, 6) is 2.59. The summed E-state index contributed by atoms with van der Waals surface area (Å²) in [6.07, 6.45) is 11.8.